The van der Waals surface area contributed by atoms with Crippen molar-refractivity contribution < 1.29 is 14.0 Å². The first-order valence-electron chi connectivity index (χ1n) is 5.87. The van der Waals surface area contributed by atoms with Crippen LogP contribution in [-0.4, -0.2) is 23.6 Å². The van der Waals surface area contributed by atoms with Crippen molar-refractivity contribution in [3.05, 3.63) is 29.6 Å². The quantitative estimate of drug-likeness (QED) is 0.476. The number of fused-ring (bicyclic) bond motifs is 1. The summed E-state index contributed by atoms with van der Waals surface area (Å²) in [5.41, 5.74) is 0.326. The van der Waals surface area contributed by atoms with E-state index in [1.807, 2.05) is 0 Å². The van der Waals surface area contributed by atoms with Gasteiger partial charge in [-0.05, 0) is 25.0 Å². The molecule has 0 bridgehead atoms. The lowest BCUT2D eigenvalue weighted by atomic mass is 10.1. The molecule has 0 aromatic heterocycles. The highest BCUT2D eigenvalue weighted by Crippen LogP contribution is 2.31. The van der Waals surface area contributed by atoms with Gasteiger partial charge < -0.3 is 4.90 Å². The highest BCUT2D eigenvalue weighted by atomic mass is 79.9. The molecule has 0 radical (unpaired) electrons. The van der Waals surface area contributed by atoms with Crippen LogP contribution in [0.2, 0.25) is 0 Å². The van der Waals surface area contributed by atoms with Crippen molar-refractivity contribution in [2.75, 3.05) is 16.8 Å². The number of nitrogens with zero attached hydrogens (tertiary/aromatic N) is 1. The Balaban J connectivity index is 2.17. The predicted octanol–water partition coefficient (Wildman–Crippen LogP) is 2.92. The number of hydrogen-bond acceptors (Lipinski definition) is 2. The summed E-state index contributed by atoms with van der Waals surface area (Å²) >= 11 is 3.33. The van der Waals surface area contributed by atoms with Crippen LogP contribution in [0.5, 0.6) is 0 Å². The highest BCUT2D eigenvalue weighted by molar-refractivity contribution is 9.09. The van der Waals surface area contributed by atoms with Gasteiger partial charge in [-0.25, -0.2) is 4.39 Å². The van der Waals surface area contributed by atoms with Gasteiger partial charge in [0, 0.05) is 11.9 Å². The van der Waals surface area contributed by atoms with Gasteiger partial charge in [-0.2, -0.15) is 0 Å². The van der Waals surface area contributed by atoms with E-state index in [4.69, 9.17) is 0 Å². The number of carbonyl (C=O) groups is 2. The molecule has 0 saturated heterocycles. The molecule has 5 heteroatoms. The summed E-state index contributed by atoms with van der Waals surface area (Å²) < 4.78 is 13.7. The number of rotatable bonds is 5. The number of carbonyl (C=O) groups excluding carboxylic acids is 2. The van der Waals surface area contributed by atoms with Crippen molar-refractivity contribution in [1.82, 2.24) is 0 Å². The second-order valence-corrected chi connectivity index (χ2v) is 4.96. The fourth-order valence-corrected chi connectivity index (χ4v) is 2.46. The molecular weight excluding hydrogens is 301 g/mol. The smallest absolute Gasteiger partial charge is 0.299 e. The zero-order valence-corrected chi connectivity index (χ0v) is 11.4. The first-order valence-corrected chi connectivity index (χ1v) is 6.99. The van der Waals surface area contributed by atoms with Crippen molar-refractivity contribution in [1.29, 1.82) is 0 Å². The maximum atomic E-state index is 13.7. The minimum absolute atomic E-state index is 0.145. The number of para-hydroxylation sites is 1. The molecule has 18 heavy (non-hydrogen) atoms. The summed E-state index contributed by atoms with van der Waals surface area (Å²) in [4.78, 5) is 24.7. The second kappa shape index (κ2) is 5.61. The molecule has 1 aliphatic rings. The predicted molar refractivity (Wildman–Crippen MR) is 70.7 cm³/mol. The van der Waals surface area contributed by atoms with Crippen molar-refractivity contribution in [2.24, 2.45) is 0 Å². The standard InChI is InChI=1S/C13H13BrFNO2/c14-7-2-1-3-8-16-11-9(12(17)13(16)18)5-4-6-10(11)15/h4-6H,1-3,7-8H2. The molecule has 1 heterocycles. The van der Waals surface area contributed by atoms with Crippen LogP contribution in [0.3, 0.4) is 0 Å². The minimum Gasteiger partial charge on any atom is -0.302 e. The molecule has 0 N–H and O–H groups in total. The van der Waals surface area contributed by atoms with Crippen LogP contribution >= 0.6 is 15.9 Å². The van der Waals surface area contributed by atoms with Gasteiger partial charge in [-0.15, -0.1) is 0 Å². The van der Waals surface area contributed by atoms with Gasteiger partial charge in [0.2, 0.25) is 0 Å². The van der Waals surface area contributed by atoms with Crippen LogP contribution < -0.4 is 4.90 Å². The van der Waals surface area contributed by atoms with Gasteiger partial charge in [0.05, 0.1) is 11.3 Å². The number of ketones is 1. The van der Waals surface area contributed by atoms with E-state index < -0.39 is 17.5 Å². The Labute approximate surface area is 113 Å². The molecule has 0 aliphatic carbocycles. The molecule has 0 atom stereocenters. The van der Waals surface area contributed by atoms with E-state index in [1.54, 1.807) is 0 Å². The number of benzene rings is 1. The van der Waals surface area contributed by atoms with Gasteiger partial charge in [-0.3, -0.25) is 9.59 Å². The molecule has 1 aromatic carbocycles. The Morgan fingerprint density at radius 1 is 1.17 bits per heavy atom. The van der Waals surface area contributed by atoms with Crippen molar-refractivity contribution in [2.45, 2.75) is 19.3 Å². The van der Waals surface area contributed by atoms with E-state index in [9.17, 15) is 14.0 Å². The molecule has 0 spiro atoms. The molecule has 1 aromatic rings. The Morgan fingerprint density at radius 2 is 1.94 bits per heavy atom. The number of alkyl halides is 1. The van der Waals surface area contributed by atoms with E-state index in [1.165, 1.54) is 23.1 Å². The maximum absolute atomic E-state index is 13.7. The Morgan fingerprint density at radius 3 is 2.67 bits per heavy atom. The fraction of sp³-hybridized carbons (Fsp3) is 0.385. The number of amides is 1. The van der Waals surface area contributed by atoms with Crippen molar-refractivity contribution in [3.63, 3.8) is 0 Å². The lowest BCUT2D eigenvalue weighted by Crippen LogP contribution is -2.31. The van der Waals surface area contributed by atoms with Gasteiger partial charge in [-0.1, -0.05) is 28.4 Å². The van der Waals surface area contributed by atoms with Gasteiger partial charge >= 0.3 is 0 Å². The van der Waals surface area contributed by atoms with Crippen molar-refractivity contribution in [3.8, 4) is 0 Å². The number of hydrogen-bond donors (Lipinski definition) is 0. The molecule has 2 rings (SSSR count). The molecule has 0 fully saturated rings. The first kappa shape index (κ1) is 13.2. The van der Waals surface area contributed by atoms with Crippen LogP contribution in [0.25, 0.3) is 0 Å². The molecule has 0 unspecified atom stereocenters. The Bertz CT molecular complexity index is 490. The van der Waals surface area contributed by atoms with E-state index in [0.717, 1.165) is 24.6 Å². The summed E-state index contributed by atoms with van der Waals surface area (Å²) in [5, 5.41) is 0.908. The monoisotopic (exact) mass is 313 g/mol. The first-order chi connectivity index (χ1) is 8.66. The van der Waals surface area contributed by atoms with Crippen LogP contribution in [0, 0.1) is 5.82 Å². The van der Waals surface area contributed by atoms with Crippen molar-refractivity contribution >= 4 is 33.3 Å². The summed E-state index contributed by atoms with van der Waals surface area (Å²) in [6.07, 6.45) is 2.70. The summed E-state index contributed by atoms with van der Waals surface area (Å²) in [5.74, 6) is -1.73. The molecule has 96 valence electrons. The molecule has 0 saturated carbocycles. The number of Topliss-reactive ketones (excluding diaryl/α,β-unsaturated/α-hetero) is 1. The zero-order valence-electron chi connectivity index (χ0n) is 9.79. The molecule has 1 amide bonds. The third kappa shape index (κ3) is 2.32. The average Bonchev–Trinajstić information content (AvgIpc) is 2.61. The SMILES string of the molecule is O=C1C(=O)N(CCCCCBr)c2c(F)cccc21. The Hall–Kier alpha value is -1.23. The van der Waals surface area contributed by atoms with Crippen LogP contribution in [-0.2, 0) is 4.79 Å². The molecule has 1 aliphatic heterocycles. The Kier molecular flexibility index (Phi) is 4.11. The number of halogens is 2. The number of unbranched alkanes of at least 4 members (excludes halogenated alkanes) is 2. The minimum atomic E-state index is -0.617. The fourth-order valence-electron chi connectivity index (χ4n) is 2.07. The molecular formula is C13H13BrFNO2. The van der Waals surface area contributed by atoms with Crippen LogP contribution in [0.15, 0.2) is 18.2 Å². The van der Waals surface area contributed by atoms with E-state index in [-0.39, 0.29) is 11.3 Å². The highest BCUT2D eigenvalue weighted by Gasteiger charge is 2.37. The maximum Gasteiger partial charge on any atom is 0.299 e. The van der Waals surface area contributed by atoms with Crippen LogP contribution in [0.4, 0.5) is 10.1 Å². The third-order valence-electron chi connectivity index (χ3n) is 2.96. The lowest BCUT2D eigenvalue weighted by Gasteiger charge is -2.16. The number of anilines is 1. The summed E-state index contributed by atoms with van der Waals surface area (Å²) in [6, 6.07) is 4.22. The summed E-state index contributed by atoms with van der Waals surface area (Å²) in [6.45, 7) is 0.394. The van der Waals surface area contributed by atoms with Gasteiger partial charge in [0.15, 0.2) is 0 Å². The lowest BCUT2D eigenvalue weighted by molar-refractivity contribution is -0.114. The molecule has 3 nitrogen and oxygen atoms in total. The summed E-state index contributed by atoms with van der Waals surface area (Å²) in [7, 11) is 0. The average molecular weight is 314 g/mol. The second-order valence-electron chi connectivity index (χ2n) is 4.17. The topological polar surface area (TPSA) is 37.4 Å². The van der Waals surface area contributed by atoms with E-state index >= 15 is 0 Å². The third-order valence-corrected chi connectivity index (χ3v) is 3.52. The van der Waals surface area contributed by atoms with E-state index in [2.05, 4.69) is 15.9 Å². The van der Waals surface area contributed by atoms with Crippen LogP contribution in [0.1, 0.15) is 29.6 Å². The zero-order chi connectivity index (χ0) is 13.1. The van der Waals surface area contributed by atoms with E-state index in [0.29, 0.717) is 6.54 Å². The van der Waals surface area contributed by atoms with Gasteiger partial charge in [0.1, 0.15) is 5.82 Å². The normalized spacial score (nSPS) is 14.2. The largest absolute Gasteiger partial charge is 0.302 e. The van der Waals surface area contributed by atoms with Gasteiger partial charge in [0.25, 0.3) is 11.7 Å².